The summed E-state index contributed by atoms with van der Waals surface area (Å²) in [4.78, 5) is 29.1. The molecule has 0 bridgehead atoms. The number of hydrogen-bond donors (Lipinski definition) is 1. The van der Waals surface area contributed by atoms with Gasteiger partial charge in [-0.25, -0.2) is 12.8 Å². The van der Waals surface area contributed by atoms with E-state index < -0.39 is 21.9 Å². The fraction of sp³-hybridized carbons (Fsp3) is 0.375. The van der Waals surface area contributed by atoms with Crippen LogP contribution in [0, 0.1) is 5.82 Å². The van der Waals surface area contributed by atoms with Crippen LogP contribution in [-0.4, -0.2) is 50.0 Å². The van der Waals surface area contributed by atoms with Crippen molar-refractivity contribution in [2.75, 3.05) is 17.1 Å². The van der Waals surface area contributed by atoms with E-state index >= 15 is 0 Å². The molecule has 0 spiro atoms. The lowest BCUT2D eigenvalue weighted by atomic mass is 10.0. The van der Waals surface area contributed by atoms with Gasteiger partial charge in [0.1, 0.15) is 11.9 Å². The highest BCUT2D eigenvalue weighted by Gasteiger charge is 2.32. The van der Waals surface area contributed by atoms with Crippen LogP contribution in [0.3, 0.4) is 0 Å². The minimum Gasteiger partial charge on any atom is -0.352 e. The summed E-state index contributed by atoms with van der Waals surface area (Å²) < 4.78 is 41.1. The van der Waals surface area contributed by atoms with Crippen molar-refractivity contribution in [3.63, 3.8) is 0 Å². The Labute approximate surface area is 242 Å². The molecule has 4 rings (SSSR count). The Morgan fingerprint density at radius 3 is 2.17 bits per heavy atom. The number of rotatable bonds is 13. The molecule has 2 amide bonds. The molecule has 7 nitrogen and oxygen atoms in total. The Hall–Kier alpha value is -3.72. The standard InChI is InChI=1S/C32H38FN3O4S/c1-41(39,40)36(28-18-6-3-7-19-28)22-12-21-31(37)35(24-26-15-8-11-20-29(26)33)30(23-25-13-4-2-5-14-25)32(38)34-27-16-9-10-17-27/h2-8,11,13-15,18-20,27,30H,9-10,12,16-17,21-24H2,1H3,(H,34,38)/t30-/m1/s1. The first-order valence-electron chi connectivity index (χ1n) is 14.1. The van der Waals surface area contributed by atoms with Crippen molar-refractivity contribution >= 4 is 27.5 Å². The molecule has 1 aliphatic rings. The number of nitrogens with one attached hydrogen (secondary N) is 1. The second kappa shape index (κ2) is 14.3. The minimum atomic E-state index is -3.58. The molecule has 0 unspecified atom stereocenters. The van der Waals surface area contributed by atoms with Gasteiger partial charge < -0.3 is 10.2 Å². The third-order valence-corrected chi connectivity index (χ3v) is 8.66. The number of para-hydroxylation sites is 1. The van der Waals surface area contributed by atoms with E-state index in [1.165, 1.54) is 15.3 Å². The third kappa shape index (κ3) is 8.63. The third-order valence-electron chi connectivity index (χ3n) is 7.47. The van der Waals surface area contributed by atoms with E-state index in [1.54, 1.807) is 48.5 Å². The van der Waals surface area contributed by atoms with E-state index in [-0.39, 0.29) is 50.2 Å². The first-order chi connectivity index (χ1) is 19.7. The predicted molar refractivity (Wildman–Crippen MR) is 159 cm³/mol. The van der Waals surface area contributed by atoms with Crippen LogP contribution in [0.15, 0.2) is 84.9 Å². The summed E-state index contributed by atoms with van der Waals surface area (Å²) in [6.07, 6.45) is 5.52. The molecule has 0 radical (unpaired) electrons. The van der Waals surface area contributed by atoms with Crippen LogP contribution in [-0.2, 0) is 32.6 Å². The van der Waals surface area contributed by atoms with Crippen LogP contribution >= 0.6 is 0 Å². The quantitative estimate of drug-likeness (QED) is 0.306. The van der Waals surface area contributed by atoms with Crippen molar-refractivity contribution in [3.8, 4) is 0 Å². The van der Waals surface area contributed by atoms with E-state index in [0.29, 0.717) is 11.3 Å². The maximum Gasteiger partial charge on any atom is 0.243 e. The number of halogens is 1. The van der Waals surface area contributed by atoms with Crippen LogP contribution < -0.4 is 9.62 Å². The van der Waals surface area contributed by atoms with Crippen molar-refractivity contribution < 1.29 is 22.4 Å². The van der Waals surface area contributed by atoms with Gasteiger partial charge >= 0.3 is 0 Å². The SMILES string of the molecule is CS(=O)(=O)N(CCCC(=O)N(Cc1ccccc1F)[C@H](Cc1ccccc1)C(=O)NC1CCCC1)c1ccccc1. The average Bonchev–Trinajstić information content (AvgIpc) is 3.47. The number of benzene rings is 3. The van der Waals surface area contributed by atoms with Gasteiger partial charge in [-0.05, 0) is 43.0 Å². The van der Waals surface area contributed by atoms with Gasteiger partial charge in [0.2, 0.25) is 21.8 Å². The molecule has 1 aliphatic carbocycles. The molecule has 3 aromatic rings. The van der Waals surface area contributed by atoms with Crippen LogP contribution in [0.1, 0.15) is 49.7 Å². The average molecular weight is 580 g/mol. The molecule has 218 valence electrons. The Balaban J connectivity index is 1.59. The summed E-state index contributed by atoms with van der Waals surface area (Å²) >= 11 is 0. The maximum atomic E-state index is 14.8. The highest BCUT2D eigenvalue weighted by Crippen LogP contribution is 2.22. The molecule has 0 heterocycles. The monoisotopic (exact) mass is 579 g/mol. The van der Waals surface area contributed by atoms with Crippen LogP contribution in [0.4, 0.5) is 10.1 Å². The zero-order valence-electron chi connectivity index (χ0n) is 23.4. The summed E-state index contributed by atoms with van der Waals surface area (Å²) in [5.74, 6) is -1.04. The summed E-state index contributed by atoms with van der Waals surface area (Å²) in [6, 6.07) is 23.6. The molecule has 1 fully saturated rings. The molecule has 1 N–H and O–H groups in total. The molecule has 0 aromatic heterocycles. The zero-order chi connectivity index (χ0) is 29.2. The molecule has 3 aromatic carbocycles. The Kier molecular flexibility index (Phi) is 10.5. The van der Waals surface area contributed by atoms with Crippen molar-refractivity contribution in [3.05, 3.63) is 102 Å². The summed E-state index contributed by atoms with van der Waals surface area (Å²) in [5.41, 5.74) is 1.72. The number of sulfonamides is 1. The van der Waals surface area contributed by atoms with Gasteiger partial charge in [0.05, 0.1) is 11.9 Å². The van der Waals surface area contributed by atoms with Gasteiger partial charge in [0.15, 0.2) is 0 Å². The molecule has 0 aliphatic heterocycles. The van der Waals surface area contributed by atoms with Crippen molar-refractivity contribution in [2.24, 2.45) is 0 Å². The smallest absolute Gasteiger partial charge is 0.243 e. The number of carbonyl (C=O) groups is 2. The fourth-order valence-electron chi connectivity index (χ4n) is 5.33. The first-order valence-corrected chi connectivity index (χ1v) is 16.0. The predicted octanol–water partition coefficient (Wildman–Crippen LogP) is 5.07. The zero-order valence-corrected chi connectivity index (χ0v) is 24.2. The van der Waals surface area contributed by atoms with Crippen LogP contribution in [0.5, 0.6) is 0 Å². The van der Waals surface area contributed by atoms with Gasteiger partial charge in [-0.2, -0.15) is 0 Å². The summed E-state index contributed by atoms with van der Waals surface area (Å²) in [6.45, 7) is 0.0231. The number of amides is 2. The minimum absolute atomic E-state index is 0.00466. The normalized spacial score (nSPS) is 14.4. The van der Waals surface area contributed by atoms with Gasteiger partial charge in [0.25, 0.3) is 0 Å². The summed E-state index contributed by atoms with van der Waals surface area (Å²) in [7, 11) is -3.58. The Morgan fingerprint density at radius 1 is 0.927 bits per heavy atom. The lowest BCUT2D eigenvalue weighted by Gasteiger charge is -2.33. The van der Waals surface area contributed by atoms with E-state index in [0.717, 1.165) is 37.5 Å². The topological polar surface area (TPSA) is 86.8 Å². The molecule has 41 heavy (non-hydrogen) atoms. The molecule has 0 saturated heterocycles. The number of anilines is 1. The fourth-order valence-corrected chi connectivity index (χ4v) is 6.30. The lowest BCUT2D eigenvalue weighted by molar-refractivity contribution is -0.141. The number of nitrogens with zero attached hydrogens (tertiary/aromatic N) is 2. The molecule has 1 saturated carbocycles. The first kappa shape index (κ1) is 30.2. The van der Waals surface area contributed by atoms with Gasteiger partial charge in [-0.3, -0.25) is 13.9 Å². The Morgan fingerprint density at radius 2 is 1.54 bits per heavy atom. The van der Waals surface area contributed by atoms with Gasteiger partial charge in [-0.1, -0.05) is 79.6 Å². The van der Waals surface area contributed by atoms with E-state index in [1.807, 2.05) is 30.3 Å². The van der Waals surface area contributed by atoms with Crippen LogP contribution in [0.2, 0.25) is 0 Å². The highest BCUT2D eigenvalue weighted by molar-refractivity contribution is 7.92. The number of hydrogen-bond acceptors (Lipinski definition) is 4. The highest BCUT2D eigenvalue weighted by atomic mass is 32.2. The number of carbonyl (C=O) groups excluding carboxylic acids is 2. The largest absolute Gasteiger partial charge is 0.352 e. The molecule has 1 atom stereocenters. The van der Waals surface area contributed by atoms with E-state index in [2.05, 4.69) is 5.32 Å². The van der Waals surface area contributed by atoms with Crippen molar-refractivity contribution in [2.45, 2.75) is 63.6 Å². The second-order valence-electron chi connectivity index (χ2n) is 10.6. The van der Waals surface area contributed by atoms with E-state index in [4.69, 9.17) is 0 Å². The van der Waals surface area contributed by atoms with Crippen LogP contribution in [0.25, 0.3) is 0 Å². The van der Waals surface area contributed by atoms with Crippen molar-refractivity contribution in [1.82, 2.24) is 10.2 Å². The maximum absolute atomic E-state index is 14.8. The van der Waals surface area contributed by atoms with Crippen molar-refractivity contribution in [1.29, 1.82) is 0 Å². The summed E-state index contributed by atoms with van der Waals surface area (Å²) in [5, 5.41) is 3.14. The van der Waals surface area contributed by atoms with Gasteiger partial charge in [-0.15, -0.1) is 0 Å². The molecular formula is C32H38FN3O4S. The lowest BCUT2D eigenvalue weighted by Crippen LogP contribution is -2.52. The molecular weight excluding hydrogens is 541 g/mol. The van der Waals surface area contributed by atoms with E-state index in [9.17, 15) is 22.4 Å². The Bertz CT molecular complexity index is 1400. The van der Waals surface area contributed by atoms with Gasteiger partial charge in [0, 0.05) is 37.5 Å². The molecule has 9 heteroatoms. The second-order valence-corrected chi connectivity index (χ2v) is 12.5.